The highest BCUT2D eigenvalue weighted by molar-refractivity contribution is 6.44. The van der Waals surface area contributed by atoms with E-state index in [1.807, 2.05) is 6.07 Å². The molecule has 1 aromatic rings. The monoisotopic (exact) mass is 281 g/mol. The molecule has 104 valence electrons. The molecule has 20 heavy (non-hydrogen) atoms. The first-order valence-electron chi connectivity index (χ1n) is 5.38. The van der Waals surface area contributed by atoms with Crippen molar-refractivity contribution in [2.45, 2.75) is 13.1 Å². The van der Waals surface area contributed by atoms with Crippen molar-refractivity contribution in [2.24, 2.45) is 10.7 Å². The lowest BCUT2D eigenvalue weighted by Crippen LogP contribution is -2.22. The van der Waals surface area contributed by atoms with Gasteiger partial charge in [0.15, 0.2) is 5.78 Å². The molecule has 2 N–H and O–H groups in total. The van der Waals surface area contributed by atoms with Crippen LogP contribution >= 0.6 is 0 Å². The average Bonchev–Trinajstić information content (AvgIpc) is 2.36. The third-order valence-electron chi connectivity index (χ3n) is 2.21. The minimum Gasteiger partial charge on any atom is -0.395 e. The third kappa shape index (κ3) is 4.24. The summed E-state index contributed by atoms with van der Waals surface area (Å²) >= 11 is 0. The summed E-state index contributed by atoms with van der Waals surface area (Å²) < 4.78 is 37.0. The molecule has 0 aromatic heterocycles. The van der Waals surface area contributed by atoms with Crippen molar-refractivity contribution in [3.63, 3.8) is 0 Å². The van der Waals surface area contributed by atoms with Crippen LogP contribution in [-0.2, 0) is 4.79 Å². The van der Waals surface area contributed by atoms with Crippen molar-refractivity contribution in [3.8, 4) is 6.07 Å². The molecule has 4 nitrogen and oxygen atoms in total. The Morgan fingerprint density at radius 2 is 2.10 bits per heavy atom. The highest BCUT2D eigenvalue weighted by Gasteiger charge is 2.32. The molecule has 0 saturated carbocycles. The number of halogens is 3. The Morgan fingerprint density at radius 1 is 1.45 bits per heavy atom. The van der Waals surface area contributed by atoms with Crippen molar-refractivity contribution >= 4 is 17.2 Å². The summed E-state index contributed by atoms with van der Waals surface area (Å²) in [6, 6.07) is 7.68. The number of carbonyl (C=O) groups excluding carboxylic acids is 1. The van der Waals surface area contributed by atoms with Crippen LogP contribution in [0.1, 0.15) is 12.5 Å². The Morgan fingerprint density at radius 3 is 2.60 bits per heavy atom. The van der Waals surface area contributed by atoms with Crippen LogP contribution < -0.4 is 5.73 Å². The quantitative estimate of drug-likeness (QED) is 0.865. The molecule has 7 heteroatoms. The predicted octanol–water partition coefficient (Wildman–Crippen LogP) is 2.62. The van der Waals surface area contributed by atoms with Gasteiger partial charge >= 0.3 is 6.18 Å². The smallest absolute Gasteiger partial charge is 0.395 e. The predicted molar refractivity (Wildman–Crippen MR) is 67.3 cm³/mol. The van der Waals surface area contributed by atoms with Gasteiger partial charge in [0.2, 0.25) is 0 Å². The molecule has 0 aliphatic carbocycles. The van der Waals surface area contributed by atoms with E-state index >= 15 is 0 Å². The summed E-state index contributed by atoms with van der Waals surface area (Å²) in [7, 11) is 0. The van der Waals surface area contributed by atoms with E-state index in [-0.39, 0.29) is 11.3 Å². The first-order valence-corrected chi connectivity index (χ1v) is 5.38. The minimum atomic E-state index is -4.73. The second kappa shape index (κ2) is 6.02. The average molecular weight is 281 g/mol. The number of nitrogens with two attached hydrogens (primary N) is 1. The maximum absolute atomic E-state index is 12.3. The summed E-state index contributed by atoms with van der Waals surface area (Å²) in [6.45, 7) is 1.08. The first-order chi connectivity index (χ1) is 9.24. The van der Waals surface area contributed by atoms with Crippen molar-refractivity contribution in [1.29, 1.82) is 5.26 Å². The molecule has 0 fully saturated rings. The summed E-state index contributed by atoms with van der Waals surface area (Å²) in [5, 5.41) is 8.71. The second-order valence-corrected chi connectivity index (χ2v) is 3.81. The van der Waals surface area contributed by atoms with Crippen LogP contribution in [0.15, 0.2) is 41.0 Å². The highest BCUT2D eigenvalue weighted by Crippen LogP contribution is 2.22. The molecular formula is C13H10F3N3O. The molecule has 0 aliphatic rings. The zero-order valence-corrected chi connectivity index (χ0v) is 10.4. The van der Waals surface area contributed by atoms with Crippen LogP contribution in [0.3, 0.4) is 0 Å². The number of benzene rings is 1. The molecule has 0 bridgehead atoms. The first kappa shape index (κ1) is 15.4. The Labute approximate surface area is 113 Å². The fourth-order valence-electron chi connectivity index (χ4n) is 1.23. The number of hydrogen-bond acceptors (Lipinski definition) is 4. The van der Waals surface area contributed by atoms with Gasteiger partial charge in [0.25, 0.3) is 0 Å². The largest absolute Gasteiger partial charge is 0.430 e. The fourth-order valence-corrected chi connectivity index (χ4v) is 1.23. The van der Waals surface area contributed by atoms with Gasteiger partial charge in [0.1, 0.15) is 11.4 Å². The van der Waals surface area contributed by atoms with Gasteiger partial charge in [0, 0.05) is 6.92 Å². The maximum Gasteiger partial charge on any atom is 0.430 e. The molecule has 0 heterocycles. The number of hydrogen-bond donors (Lipinski definition) is 1. The van der Waals surface area contributed by atoms with Gasteiger partial charge in [-0.05, 0) is 24.3 Å². The Kier molecular flexibility index (Phi) is 4.64. The maximum atomic E-state index is 12.3. The number of aliphatic imine (C=N–C) groups is 1. The zero-order valence-electron chi connectivity index (χ0n) is 10.4. The van der Waals surface area contributed by atoms with Gasteiger partial charge in [0.05, 0.1) is 17.3 Å². The molecule has 0 atom stereocenters. The number of rotatable bonds is 3. The summed E-state index contributed by atoms with van der Waals surface area (Å²) in [5.41, 5.74) is 3.48. The number of nitrogens with zero attached hydrogens (tertiary/aromatic N) is 2. The highest BCUT2D eigenvalue weighted by atomic mass is 19.4. The van der Waals surface area contributed by atoms with E-state index in [0.717, 1.165) is 6.92 Å². The number of nitriles is 1. The Hall–Kier alpha value is -2.62. The third-order valence-corrected chi connectivity index (χ3v) is 2.21. The van der Waals surface area contributed by atoms with E-state index in [2.05, 4.69) is 4.99 Å². The van der Waals surface area contributed by atoms with E-state index in [1.54, 1.807) is 0 Å². The number of carbonyl (C=O) groups is 1. The van der Waals surface area contributed by atoms with E-state index < -0.39 is 23.4 Å². The van der Waals surface area contributed by atoms with Gasteiger partial charge in [-0.25, -0.2) is 4.99 Å². The lowest BCUT2D eigenvalue weighted by molar-refractivity contribution is -0.111. The number of Topliss-reactive ketones (excluding diaryl/α,β-unsaturated/α-hetero) is 1. The Balaban J connectivity index is 3.24. The Bertz CT molecular complexity index is 624. The summed E-state index contributed by atoms with van der Waals surface area (Å²) in [6.07, 6.45) is -4.26. The van der Waals surface area contributed by atoms with Crippen molar-refractivity contribution in [1.82, 2.24) is 0 Å². The van der Waals surface area contributed by atoms with Crippen LogP contribution in [-0.4, -0.2) is 17.7 Å². The molecule has 1 rings (SSSR count). The van der Waals surface area contributed by atoms with Crippen molar-refractivity contribution in [2.75, 3.05) is 0 Å². The number of allylic oxidation sites excluding steroid dienone is 2. The van der Waals surface area contributed by atoms with Crippen LogP contribution in [0, 0.1) is 11.3 Å². The van der Waals surface area contributed by atoms with Crippen molar-refractivity contribution in [3.05, 3.63) is 41.6 Å². The molecule has 0 unspecified atom stereocenters. The number of alkyl halides is 3. The van der Waals surface area contributed by atoms with E-state index in [9.17, 15) is 18.0 Å². The van der Waals surface area contributed by atoms with E-state index in [4.69, 9.17) is 11.0 Å². The van der Waals surface area contributed by atoms with Gasteiger partial charge in [-0.3, -0.25) is 4.79 Å². The lowest BCUT2D eigenvalue weighted by atomic mass is 10.2. The molecule has 0 amide bonds. The van der Waals surface area contributed by atoms with Gasteiger partial charge < -0.3 is 5.73 Å². The minimum absolute atomic E-state index is 0.195. The molecule has 1 aromatic carbocycles. The van der Waals surface area contributed by atoms with Crippen LogP contribution in [0.4, 0.5) is 18.9 Å². The molecule has 0 spiro atoms. The molecule has 0 saturated heterocycles. The SMILES string of the molecule is CC(=O)C(C=C(N)C(F)(F)F)=Nc1cccc(C#N)c1. The normalized spacial score (nSPS) is 12.9. The standard InChI is InChI=1S/C13H10F3N3O/c1-8(20)11(6-12(18)13(14,15)16)19-10-4-2-3-9(5-10)7-17/h2-6H,18H2,1H3. The van der Waals surface area contributed by atoms with Gasteiger partial charge in [-0.15, -0.1) is 0 Å². The van der Waals surface area contributed by atoms with Crippen LogP contribution in [0.2, 0.25) is 0 Å². The zero-order chi connectivity index (χ0) is 15.3. The molecule has 0 aliphatic heterocycles. The van der Waals surface area contributed by atoms with Crippen molar-refractivity contribution < 1.29 is 18.0 Å². The molecular weight excluding hydrogens is 271 g/mol. The topological polar surface area (TPSA) is 79.2 Å². The van der Waals surface area contributed by atoms with E-state index in [0.29, 0.717) is 6.08 Å². The molecule has 0 radical (unpaired) electrons. The van der Waals surface area contributed by atoms with Crippen LogP contribution in [0.5, 0.6) is 0 Å². The summed E-state index contributed by atoms with van der Waals surface area (Å²) in [4.78, 5) is 15.1. The van der Waals surface area contributed by atoms with Gasteiger partial charge in [-0.2, -0.15) is 18.4 Å². The van der Waals surface area contributed by atoms with Gasteiger partial charge in [-0.1, -0.05) is 6.07 Å². The lowest BCUT2D eigenvalue weighted by Gasteiger charge is -2.06. The van der Waals surface area contributed by atoms with E-state index in [1.165, 1.54) is 24.3 Å². The fraction of sp³-hybridized carbons (Fsp3) is 0.154. The second-order valence-electron chi connectivity index (χ2n) is 3.81. The summed E-state index contributed by atoms with van der Waals surface area (Å²) in [5.74, 6) is -0.667. The van der Waals surface area contributed by atoms with Crippen LogP contribution in [0.25, 0.3) is 0 Å². The number of ketones is 1.